The molecule has 0 fully saturated rings. The van der Waals surface area contributed by atoms with E-state index in [1.54, 1.807) is 25.1 Å². The molecule has 5 nitrogen and oxygen atoms in total. The van der Waals surface area contributed by atoms with Gasteiger partial charge in [0.25, 0.3) is 5.91 Å². The SMILES string of the molecule is CC(C)CNC(=O)[C@@H](C)N(Cc1ccc(Cl)c(Cl)c1)C(=O)COc1cccc2ccccc12. The maximum Gasteiger partial charge on any atom is 0.261 e. The summed E-state index contributed by atoms with van der Waals surface area (Å²) in [5.41, 5.74) is 0.770. The Morgan fingerprint density at radius 3 is 2.42 bits per heavy atom. The molecule has 0 radical (unpaired) electrons. The second kappa shape index (κ2) is 11.4. The van der Waals surface area contributed by atoms with E-state index in [0.717, 1.165) is 16.3 Å². The molecule has 174 valence electrons. The minimum atomic E-state index is -0.693. The summed E-state index contributed by atoms with van der Waals surface area (Å²) in [5.74, 6) is 0.395. The molecule has 1 atom stereocenters. The summed E-state index contributed by atoms with van der Waals surface area (Å²) in [7, 11) is 0. The number of fused-ring (bicyclic) bond motifs is 1. The first-order valence-corrected chi connectivity index (χ1v) is 11.6. The Hall–Kier alpha value is -2.76. The zero-order valence-corrected chi connectivity index (χ0v) is 20.5. The third-order valence-corrected chi connectivity index (χ3v) is 6.03. The minimum Gasteiger partial charge on any atom is -0.483 e. The van der Waals surface area contributed by atoms with Gasteiger partial charge in [0.2, 0.25) is 5.91 Å². The molecule has 0 aliphatic rings. The van der Waals surface area contributed by atoms with E-state index in [1.807, 2.05) is 56.3 Å². The minimum absolute atomic E-state index is 0.197. The van der Waals surface area contributed by atoms with E-state index in [-0.39, 0.29) is 25.0 Å². The van der Waals surface area contributed by atoms with Gasteiger partial charge in [0, 0.05) is 18.5 Å². The third kappa shape index (κ3) is 6.62. The lowest BCUT2D eigenvalue weighted by Gasteiger charge is -2.29. The van der Waals surface area contributed by atoms with Crippen molar-refractivity contribution in [2.75, 3.05) is 13.2 Å². The fraction of sp³-hybridized carbons (Fsp3) is 0.308. The number of nitrogens with zero attached hydrogens (tertiary/aromatic N) is 1. The topological polar surface area (TPSA) is 58.6 Å². The Kier molecular flexibility index (Phi) is 8.59. The van der Waals surface area contributed by atoms with Crippen LogP contribution in [0.5, 0.6) is 5.75 Å². The number of benzene rings is 3. The van der Waals surface area contributed by atoms with Gasteiger partial charge in [0.15, 0.2) is 6.61 Å². The molecule has 3 rings (SSSR count). The first-order valence-electron chi connectivity index (χ1n) is 10.9. The lowest BCUT2D eigenvalue weighted by Crippen LogP contribution is -2.49. The number of hydrogen-bond acceptors (Lipinski definition) is 3. The van der Waals surface area contributed by atoms with Gasteiger partial charge in [-0.1, -0.05) is 79.5 Å². The second-order valence-corrected chi connectivity index (χ2v) is 9.17. The lowest BCUT2D eigenvalue weighted by atomic mass is 10.1. The van der Waals surface area contributed by atoms with Crippen LogP contribution in [0.25, 0.3) is 10.8 Å². The molecule has 7 heteroatoms. The number of halogens is 2. The Morgan fingerprint density at radius 1 is 0.970 bits per heavy atom. The van der Waals surface area contributed by atoms with E-state index in [2.05, 4.69) is 5.32 Å². The molecule has 0 aromatic heterocycles. The van der Waals surface area contributed by atoms with E-state index in [0.29, 0.717) is 28.3 Å². The van der Waals surface area contributed by atoms with Crippen LogP contribution in [0.1, 0.15) is 26.3 Å². The van der Waals surface area contributed by atoms with Crippen molar-refractivity contribution in [2.45, 2.75) is 33.4 Å². The van der Waals surface area contributed by atoms with E-state index >= 15 is 0 Å². The number of hydrogen-bond donors (Lipinski definition) is 1. The smallest absolute Gasteiger partial charge is 0.261 e. The summed E-state index contributed by atoms with van der Waals surface area (Å²) in [4.78, 5) is 27.5. The molecule has 3 aromatic carbocycles. The fourth-order valence-electron chi connectivity index (χ4n) is 3.41. The van der Waals surface area contributed by atoms with Crippen molar-refractivity contribution in [3.05, 3.63) is 76.3 Å². The number of carbonyl (C=O) groups is 2. The van der Waals surface area contributed by atoms with Crippen LogP contribution in [-0.2, 0) is 16.1 Å². The Bertz CT molecular complexity index is 1130. The highest BCUT2D eigenvalue weighted by atomic mass is 35.5. The summed E-state index contributed by atoms with van der Waals surface area (Å²) in [6.45, 7) is 6.28. The average Bonchev–Trinajstić information content (AvgIpc) is 2.81. The Morgan fingerprint density at radius 2 is 1.70 bits per heavy atom. The van der Waals surface area contributed by atoms with Crippen LogP contribution in [0.3, 0.4) is 0 Å². The molecule has 0 unspecified atom stereocenters. The number of nitrogens with one attached hydrogen (secondary N) is 1. The number of amides is 2. The largest absolute Gasteiger partial charge is 0.483 e. The molecular weight excluding hydrogens is 459 g/mol. The first kappa shape index (κ1) is 24.9. The molecule has 0 spiro atoms. The van der Waals surface area contributed by atoms with Crippen molar-refractivity contribution in [1.82, 2.24) is 10.2 Å². The van der Waals surface area contributed by atoms with Crippen LogP contribution < -0.4 is 10.1 Å². The average molecular weight is 487 g/mol. The molecule has 2 amide bonds. The zero-order valence-electron chi connectivity index (χ0n) is 19.0. The van der Waals surface area contributed by atoms with Crippen molar-refractivity contribution in [1.29, 1.82) is 0 Å². The van der Waals surface area contributed by atoms with Crippen molar-refractivity contribution in [2.24, 2.45) is 5.92 Å². The Labute approximate surface area is 204 Å². The molecule has 0 bridgehead atoms. The predicted molar refractivity (Wildman–Crippen MR) is 134 cm³/mol. The van der Waals surface area contributed by atoms with Gasteiger partial charge in [-0.25, -0.2) is 0 Å². The van der Waals surface area contributed by atoms with Gasteiger partial charge in [-0.05, 0) is 42.0 Å². The van der Waals surface area contributed by atoms with Gasteiger partial charge in [-0.3, -0.25) is 9.59 Å². The van der Waals surface area contributed by atoms with E-state index in [4.69, 9.17) is 27.9 Å². The van der Waals surface area contributed by atoms with Crippen LogP contribution in [0.2, 0.25) is 10.0 Å². The quantitative estimate of drug-likeness (QED) is 0.420. The number of rotatable bonds is 9. The number of carbonyl (C=O) groups excluding carboxylic acids is 2. The molecule has 0 saturated carbocycles. The predicted octanol–water partition coefficient (Wildman–Crippen LogP) is 5.71. The van der Waals surface area contributed by atoms with Crippen LogP contribution in [0, 0.1) is 5.92 Å². The lowest BCUT2D eigenvalue weighted by molar-refractivity contribution is -0.142. The molecule has 0 saturated heterocycles. The fourth-order valence-corrected chi connectivity index (χ4v) is 3.73. The molecule has 33 heavy (non-hydrogen) atoms. The standard InChI is InChI=1S/C26H28Cl2N2O3/c1-17(2)14-29-26(32)18(3)30(15-19-11-12-22(27)23(28)13-19)25(31)16-33-24-10-6-8-20-7-4-5-9-21(20)24/h4-13,17-18H,14-16H2,1-3H3,(H,29,32)/t18-/m1/s1. The second-order valence-electron chi connectivity index (χ2n) is 8.35. The van der Waals surface area contributed by atoms with Crippen molar-refractivity contribution in [3.63, 3.8) is 0 Å². The maximum atomic E-state index is 13.3. The molecular formula is C26H28Cl2N2O3. The van der Waals surface area contributed by atoms with Gasteiger partial charge in [-0.2, -0.15) is 0 Å². The van der Waals surface area contributed by atoms with Crippen LogP contribution >= 0.6 is 23.2 Å². The molecule has 1 N–H and O–H groups in total. The monoisotopic (exact) mass is 486 g/mol. The van der Waals surface area contributed by atoms with Crippen LogP contribution in [0.15, 0.2) is 60.7 Å². The van der Waals surface area contributed by atoms with Crippen LogP contribution in [0.4, 0.5) is 0 Å². The zero-order chi connectivity index (χ0) is 24.0. The highest BCUT2D eigenvalue weighted by Gasteiger charge is 2.27. The highest BCUT2D eigenvalue weighted by Crippen LogP contribution is 2.26. The molecule has 3 aromatic rings. The van der Waals surface area contributed by atoms with Gasteiger partial charge >= 0.3 is 0 Å². The summed E-state index contributed by atoms with van der Waals surface area (Å²) >= 11 is 12.2. The van der Waals surface area contributed by atoms with Crippen molar-refractivity contribution < 1.29 is 14.3 Å². The maximum absolute atomic E-state index is 13.3. The first-order chi connectivity index (χ1) is 15.8. The van der Waals surface area contributed by atoms with Gasteiger partial charge in [-0.15, -0.1) is 0 Å². The Balaban J connectivity index is 1.79. The highest BCUT2D eigenvalue weighted by molar-refractivity contribution is 6.42. The summed E-state index contributed by atoms with van der Waals surface area (Å²) in [6, 6.07) is 18.0. The molecule has 0 aliphatic heterocycles. The molecule has 0 aliphatic carbocycles. The summed E-state index contributed by atoms with van der Waals surface area (Å²) < 4.78 is 5.90. The molecule has 0 heterocycles. The van der Waals surface area contributed by atoms with Gasteiger partial charge < -0.3 is 15.0 Å². The van der Waals surface area contributed by atoms with Crippen molar-refractivity contribution in [3.8, 4) is 5.75 Å². The normalized spacial score (nSPS) is 11.9. The van der Waals surface area contributed by atoms with Crippen LogP contribution in [-0.4, -0.2) is 35.9 Å². The number of ether oxygens (including phenoxy) is 1. The van der Waals surface area contributed by atoms with E-state index < -0.39 is 6.04 Å². The summed E-state index contributed by atoms with van der Waals surface area (Å²) in [6.07, 6.45) is 0. The van der Waals surface area contributed by atoms with Gasteiger partial charge in [0.1, 0.15) is 11.8 Å². The van der Waals surface area contributed by atoms with E-state index in [9.17, 15) is 9.59 Å². The third-order valence-electron chi connectivity index (χ3n) is 5.29. The summed E-state index contributed by atoms with van der Waals surface area (Å²) in [5, 5.41) is 5.67. The van der Waals surface area contributed by atoms with Crippen molar-refractivity contribution >= 4 is 45.8 Å². The van der Waals surface area contributed by atoms with Gasteiger partial charge in [0.05, 0.1) is 10.0 Å². The van der Waals surface area contributed by atoms with E-state index in [1.165, 1.54) is 4.90 Å².